The predicted molar refractivity (Wildman–Crippen MR) is 155 cm³/mol. The molecule has 0 bridgehead atoms. The summed E-state index contributed by atoms with van der Waals surface area (Å²) in [6.45, 7) is 5.77. The molecule has 40 heavy (non-hydrogen) atoms. The number of carbonyl (C=O) groups excluding carboxylic acids is 1. The highest BCUT2D eigenvalue weighted by Gasteiger charge is 2.51. The van der Waals surface area contributed by atoms with Crippen LogP contribution < -0.4 is 0 Å². The van der Waals surface area contributed by atoms with E-state index in [0.29, 0.717) is 30.8 Å². The number of fused-ring (bicyclic) bond motifs is 1. The zero-order chi connectivity index (χ0) is 27.7. The summed E-state index contributed by atoms with van der Waals surface area (Å²) in [6, 6.07) is 26.3. The normalized spacial score (nSPS) is 17.7. The van der Waals surface area contributed by atoms with Gasteiger partial charge in [0.1, 0.15) is 0 Å². The van der Waals surface area contributed by atoms with Crippen LogP contribution in [-0.2, 0) is 13.1 Å². The van der Waals surface area contributed by atoms with Gasteiger partial charge >= 0.3 is 6.03 Å². The average Bonchev–Trinajstić information content (AvgIpc) is 3.56. The van der Waals surface area contributed by atoms with E-state index in [4.69, 9.17) is 5.26 Å². The number of nitrogens with zero attached hydrogens (tertiary/aromatic N) is 6. The number of thiazole rings is 1. The van der Waals surface area contributed by atoms with Crippen molar-refractivity contribution in [3.05, 3.63) is 100 Å². The van der Waals surface area contributed by atoms with Crippen molar-refractivity contribution >= 4 is 27.6 Å². The Morgan fingerprint density at radius 2 is 1.55 bits per heavy atom. The summed E-state index contributed by atoms with van der Waals surface area (Å²) in [4.78, 5) is 24.9. The molecule has 0 saturated carbocycles. The molecular weight excluding hydrogens is 516 g/mol. The summed E-state index contributed by atoms with van der Waals surface area (Å²) in [6.07, 6.45) is 1.78. The maximum atomic E-state index is 13.9. The van der Waals surface area contributed by atoms with Crippen molar-refractivity contribution in [2.75, 3.05) is 19.6 Å². The largest absolute Gasteiger partial charge is 0.321 e. The quantitative estimate of drug-likeness (QED) is 0.293. The van der Waals surface area contributed by atoms with Gasteiger partial charge in [0.25, 0.3) is 0 Å². The fourth-order valence-electron chi connectivity index (χ4n) is 6.11. The molecule has 2 fully saturated rings. The first-order valence-corrected chi connectivity index (χ1v) is 14.5. The molecule has 4 aromatic rings. The molecule has 1 aromatic heterocycles. The average molecular weight is 547 g/mol. The lowest BCUT2D eigenvalue weighted by atomic mass is 9.85. The molecule has 200 valence electrons. The van der Waals surface area contributed by atoms with Crippen LogP contribution in [0.5, 0.6) is 0 Å². The molecule has 6 rings (SSSR count). The van der Waals surface area contributed by atoms with Gasteiger partial charge in [-0.05, 0) is 72.9 Å². The molecule has 1 atom stereocenters. The Hall–Kier alpha value is -4.24. The Morgan fingerprint density at radius 1 is 0.925 bits per heavy atom. The van der Waals surface area contributed by atoms with Crippen LogP contribution >= 0.6 is 11.3 Å². The van der Waals surface area contributed by atoms with Crippen LogP contribution in [0.3, 0.4) is 0 Å². The molecule has 0 N–H and O–H groups in total. The summed E-state index contributed by atoms with van der Waals surface area (Å²) < 4.78 is 1.21. The van der Waals surface area contributed by atoms with Gasteiger partial charge in [-0.15, -0.1) is 11.3 Å². The van der Waals surface area contributed by atoms with Gasteiger partial charge < -0.3 is 9.80 Å². The van der Waals surface area contributed by atoms with Gasteiger partial charge in [-0.3, -0.25) is 4.90 Å². The second kappa shape index (κ2) is 10.7. The molecule has 2 amide bonds. The van der Waals surface area contributed by atoms with E-state index in [0.717, 1.165) is 42.6 Å². The van der Waals surface area contributed by atoms with Crippen LogP contribution in [0.1, 0.15) is 53.6 Å². The monoisotopic (exact) mass is 546 g/mol. The number of likely N-dealkylation sites (tertiary alicyclic amines) is 1. The minimum Gasteiger partial charge on any atom is -0.318 e. The summed E-state index contributed by atoms with van der Waals surface area (Å²) in [5, 5.41) is 18.4. The van der Waals surface area contributed by atoms with Crippen molar-refractivity contribution in [1.29, 1.82) is 10.5 Å². The van der Waals surface area contributed by atoms with E-state index in [-0.39, 0.29) is 17.6 Å². The van der Waals surface area contributed by atoms with E-state index in [1.807, 2.05) is 58.9 Å². The maximum absolute atomic E-state index is 13.9. The third-order valence-corrected chi connectivity index (χ3v) is 9.36. The SMILES string of the molecule is C[C@H](c1ccc2scnc2c1)N1CCC2(CC1)CN(Cc1ccc(C#N)cc1)C(=O)N2Cc1ccc(C#N)cc1. The van der Waals surface area contributed by atoms with Crippen LogP contribution in [0, 0.1) is 22.7 Å². The molecule has 3 heterocycles. The van der Waals surface area contributed by atoms with E-state index in [1.165, 1.54) is 10.3 Å². The second-order valence-electron chi connectivity index (χ2n) is 10.9. The van der Waals surface area contributed by atoms with Gasteiger partial charge in [0.15, 0.2) is 0 Å². The number of urea groups is 1. The first-order valence-electron chi connectivity index (χ1n) is 13.6. The molecule has 0 unspecified atom stereocenters. The van der Waals surface area contributed by atoms with Gasteiger partial charge in [-0.2, -0.15) is 10.5 Å². The third kappa shape index (κ3) is 4.93. The van der Waals surface area contributed by atoms with Gasteiger partial charge in [-0.25, -0.2) is 9.78 Å². The maximum Gasteiger partial charge on any atom is 0.321 e. The van der Waals surface area contributed by atoms with Crippen LogP contribution in [0.4, 0.5) is 4.79 Å². The molecule has 7 nitrogen and oxygen atoms in total. The zero-order valence-electron chi connectivity index (χ0n) is 22.5. The molecular formula is C32H30N6OS. The molecule has 8 heteroatoms. The topological polar surface area (TPSA) is 87.3 Å². The molecule has 2 saturated heterocycles. The highest BCUT2D eigenvalue weighted by Crippen LogP contribution is 2.40. The first kappa shape index (κ1) is 26.0. The molecule has 1 spiro atoms. The lowest BCUT2D eigenvalue weighted by Gasteiger charge is -2.45. The summed E-state index contributed by atoms with van der Waals surface area (Å²) in [5.74, 6) is 0. The number of piperidine rings is 1. The third-order valence-electron chi connectivity index (χ3n) is 8.55. The van der Waals surface area contributed by atoms with Crippen molar-refractivity contribution in [2.24, 2.45) is 0 Å². The minimum atomic E-state index is -0.257. The van der Waals surface area contributed by atoms with E-state index in [1.54, 1.807) is 11.3 Å². The summed E-state index contributed by atoms with van der Waals surface area (Å²) in [5.41, 5.74) is 7.24. The zero-order valence-corrected chi connectivity index (χ0v) is 23.3. The highest BCUT2D eigenvalue weighted by molar-refractivity contribution is 7.16. The highest BCUT2D eigenvalue weighted by atomic mass is 32.1. The lowest BCUT2D eigenvalue weighted by Crippen LogP contribution is -2.54. The predicted octanol–water partition coefficient (Wildman–Crippen LogP) is 6.07. The second-order valence-corrected chi connectivity index (χ2v) is 11.7. The fourth-order valence-corrected chi connectivity index (χ4v) is 6.77. The number of benzene rings is 3. The van der Waals surface area contributed by atoms with Crippen molar-refractivity contribution in [3.63, 3.8) is 0 Å². The molecule has 0 radical (unpaired) electrons. The lowest BCUT2D eigenvalue weighted by molar-refractivity contribution is 0.0538. The molecule has 2 aliphatic rings. The van der Waals surface area contributed by atoms with Crippen molar-refractivity contribution in [3.8, 4) is 12.1 Å². The van der Waals surface area contributed by atoms with Crippen LogP contribution in [0.2, 0.25) is 0 Å². The Kier molecular flexibility index (Phi) is 6.98. The number of hydrogen-bond acceptors (Lipinski definition) is 6. The number of carbonyl (C=O) groups is 1. The molecule has 2 aliphatic heterocycles. The minimum absolute atomic E-state index is 0.0456. The number of rotatable bonds is 6. The number of aromatic nitrogens is 1. The summed E-state index contributed by atoms with van der Waals surface area (Å²) in [7, 11) is 0. The van der Waals surface area contributed by atoms with E-state index in [2.05, 4.69) is 52.0 Å². The Morgan fingerprint density at radius 3 is 2.17 bits per heavy atom. The smallest absolute Gasteiger partial charge is 0.318 e. The standard InChI is InChI=1S/C32H30N6OS/c1-23(28-10-11-30-29(16-28)35-22-40-30)36-14-12-32(13-15-36)21-37(19-26-6-2-24(17-33)3-7-26)31(39)38(32)20-27-8-4-25(18-34)5-9-27/h2-11,16,22-23H,12-15,19-21H2,1H3/t23-/m1/s1. The van der Waals surface area contributed by atoms with Gasteiger partial charge in [0, 0.05) is 38.8 Å². The van der Waals surface area contributed by atoms with E-state index < -0.39 is 0 Å². The van der Waals surface area contributed by atoms with E-state index >= 15 is 0 Å². The van der Waals surface area contributed by atoms with Gasteiger partial charge in [-0.1, -0.05) is 30.3 Å². The van der Waals surface area contributed by atoms with Crippen molar-refractivity contribution in [1.82, 2.24) is 19.7 Å². The molecule has 0 aliphatic carbocycles. The Balaban J connectivity index is 1.22. The van der Waals surface area contributed by atoms with Gasteiger partial charge in [0.2, 0.25) is 0 Å². The van der Waals surface area contributed by atoms with E-state index in [9.17, 15) is 10.1 Å². The van der Waals surface area contributed by atoms with Crippen LogP contribution in [-0.4, -0.2) is 50.9 Å². The number of hydrogen-bond donors (Lipinski definition) is 0. The Bertz CT molecular complexity index is 1610. The number of amides is 2. The van der Waals surface area contributed by atoms with Crippen LogP contribution in [0.25, 0.3) is 10.2 Å². The van der Waals surface area contributed by atoms with Crippen molar-refractivity contribution < 1.29 is 4.79 Å². The van der Waals surface area contributed by atoms with Crippen molar-refractivity contribution in [2.45, 2.75) is 44.4 Å². The Labute approximate surface area is 238 Å². The van der Waals surface area contributed by atoms with Gasteiger partial charge in [0.05, 0.1) is 44.5 Å². The molecule has 3 aromatic carbocycles. The summed E-state index contributed by atoms with van der Waals surface area (Å²) >= 11 is 1.66. The van der Waals surface area contributed by atoms with Crippen LogP contribution in [0.15, 0.2) is 72.2 Å². The fraction of sp³-hybridized carbons (Fsp3) is 0.312. The number of nitriles is 2. The first-order chi connectivity index (χ1) is 19.5.